The highest BCUT2D eigenvalue weighted by Gasteiger charge is 2.61. The quantitative estimate of drug-likeness (QED) is 0.546. The van der Waals surface area contributed by atoms with Crippen LogP contribution in [0, 0.1) is 23.4 Å². The number of aliphatic hydroxyl groups is 1. The van der Waals surface area contributed by atoms with E-state index >= 15 is 4.39 Å². The van der Waals surface area contributed by atoms with Gasteiger partial charge in [0, 0.05) is 23.7 Å². The number of carbonyl (C=O) groups is 1. The second kappa shape index (κ2) is 9.27. The molecule has 34 heavy (non-hydrogen) atoms. The minimum atomic E-state index is -3.68. The predicted octanol–water partition coefficient (Wildman–Crippen LogP) is 2.55. The number of nitrogens with zero attached hydrogens (tertiary/aromatic N) is 1. The van der Waals surface area contributed by atoms with Crippen molar-refractivity contribution in [1.29, 1.82) is 0 Å². The average Bonchev–Trinajstić information content (AvgIpc) is 3.51. The molecule has 4 unspecified atom stereocenters. The number of likely N-dealkylation sites (tertiary alicyclic amines) is 1. The molecule has 5 atom stereocenters. The number of hydrogen-bond donors (Lipinski definition) is 2. The number of alkyl halides is 1. The van der Waals surface area contributed by atoms with Gasteiger partial charge in [0.2, 0.25) is 10.0 Å². The highest BCUT2D eigenvalue weighted by molar-refractivity contribution is 7.89. The molecule has 2 fully saturated rings. The van der Waals surface area contributed by atoms with E-state index in [4.69, 9.17) is 0 Å². The third-order valence-electron chi connectivity index (χ3n) is 6.46. The molecule has 1 amide bonds. The summed E-state index contributed by atoms with van der Waals surface area (Å²) in [5.74, 6) is -3.86. The fourth-order valence-electron chi connectivity index (χ4n) is 4.75. The van der Waals surface area contributed by atoms with Gasteiger partial charge in [0.25, 0.3) is 5.91 Å². The summed E-state index contributed by atoms with van der Waals surface area (Å²) in [4.78, 5) is 14.0. The Bertz CT molecular complexity index is 1190. The number of sulfonamides is 1. The molecule has 1 aliphatic heterocycles. The molecule has 0 radical (unpaired) electrons. The molecule has 1 aliphatic carbocycles. The monoisotopic (exact) mass is 500 g/mol. The molecular weight excluding hydrogens is 476 g/mol. The third-order valence-corrected chi connectivity index (χ3v) is 7.85. The molecule has 4 rings (SSSR count). The highest BCUT2D eigenvalue weighted by atomic mass is 32.2. The number of halogens is 4. The summed E-state index contributed by atoms with van der Waals surface area (Å²) in [5, 5.41) is 9.82. The van der Waals surface area contributed by atoms with Crippen LogP contribution in [0.25, 0.3) is 11.1 Å². The zero-order valence-corrected chi connectivity index (χ0v) is 19.0. The van der Waals surface area contributed by atoms with E-state index < -0.39 is 64.3 Å². The van der Waals surface area contributed by atoms with E-state index in [0.717, 1.165) is 12.1 Å². The zero-order chi connectivity index (χ0) is 24.8. The molecule has 0 bridgehead atoms. The molecule has 184 valence electrons. The van der Waals surface area contributed by atoms with Gasteiger partial charge < -0.3 is 10.0 Å². The summed E-state index contributed by atoms with van der Waals surface area (Å²) in [6, 6.07) is 4.88. The standard InChI is InChI=1S/C23H24F4N2O4S/c1-2-34(32,33)28-22-17-10-18(17)29(23(31)20(30)11-24)19(22)8-12-4-3-5-16(21(12)27)13-6-14(25)9-15(26)7-13/h3-7,9,17-20,22,28,30H,2,8,10-11H2,1H3/t17?,18?,19?,20-,22?/m0/s1. The molecule has 1 heterocycles. The van der Waals surface area contributed by atoms with Crippen LogP contribution in [-0.4, -0.2) is 61.0 Å². The lowest BCUT2D eigenvalue weighted by Gasteiger charge is -2.33. The van der Waals surface area contributed by atoms with Crippen LogP contribution in [0.3, 0.4) is 0 Å². The van der Waals surface area contributed by atoms with E-state index in [1.54, 1.807) is 0 Å². The third kappa shape index (κ3) is 4.69. The lowest BCUT2D eigenvalue weighted by Crippen LogP contribution is -2.53. The molecule has 2 aromatic rings. The van der Waals surface area contributed by atoms with E-state index in [-0.39, 0.29) is 34.8 Å². The van der Waals surface area contributed by atoms with Crippen LogP contribution in [0.2, 0.25) is 0 Å². The zero-order valence-electron chi connectivity index (χ0n) is 18.2. The van der Waals surface area contributed by atoms with Crippen LogP contribution in [0.15, 0.2) is 36.4 Å². The number of benzene rings is 2. The second-order valence-corrected chi connectivity index (χ2v) is 10.7. The molecule has 2 aliphatic rings. The first-order valence-electron chi connectivity index (χ1n) is 10.9. The Morgan fingerprint density at radius 2 is 1.88 bits per heavy atom. The van der Waals surface area contributed by atoms with Gasteiger partial charge in [-0.1, -0.05) is 18.2 Å². The summed E-state index contributed by atoms with van der Waals surface area (Å²) in [5.41, 5.74) is 0.00302. The lowest BCUT2D eigenvalue weighted by molar-refractivity contribution is -0.143. The van der Waals surface area contributed by atoms with E-state index in [1.807, 2.05) is 0 Å². The Balaban J connectivity index is 1.71. The molecule has 1 saturated carbocycles. The van der Waals surface area contributed by atoms with Gasteiger partial charge in [0.1, 0.15) is 24.1 Å². The van der Waals surface area contributed by atoms with Crippen molar-refractivity contribution < 1.29 is 35.9 Å². The molecular formula is C23H24F4N2O4S. The number of amides is 1. The fourth-order valence-corrected chi connectivity index (χ4v) is 5.67. The Morgan fingerprint density at radius 1 is 1.21 bits per heavy atom. The van der Waals surface area contributed by atoms with Crippen molar-refractivity contribution in [2.45, 2.75) is 44.0 Å². The van der Waals surface area contributed by atoms with Crippen molar-refractivity contribution >= 4 is 15.9 Å². The SMILES string of the molecule is CCS(=O)(=O)NC1C2CC2N(C(=O)[C@@H](O)CF)C1Cc1cccc(-c2cc(F)cc(F)c2)c1F. The molecule has 6 nitrogen and oxygen atoms in total. The fraction of sp³-hybridized carbons (Fsp3) is 0.435. The summed E-state index contributed by atoms with van der Waals surface area (Å²) in [7, 11) is -3.68. The van der Waals surface area contributed by atoms with Crippen molar-refractivity contribution in [2.24, 2.45) is 5.92 Å². The molecule has 1 saturated heterocycles. The predicted molar refractivity (Wildman–Crippen MR) is 116 cm³/mol. The number of nitrogens with one attached hydrogen (secondary N) is 1. The van der Waals surface area contributed by atoms with Crippen molar-refractivity contribution in [3.8, 4) is 11.1 Å². The first-order chi connectivity index (χ1) is 16.1. The van der Waals surface area contributed by atoms with E-state index in [2.05, 4.69) is 4.72 Å². The molecule has 0 aromatic heterocycles. The molecule has 2 N–H and O–H groups in total. The van der Waals surface area contributed by atoms with Gasteiger partial charge in [-0.05, 0) is 48.9 Å². The van der Waals surface area contributed by atoms with Crippen LogP contribution in [0.5, 0.6) is 0 Å². The number of fused-ring (bicyclic) bond motifs is 1. The van der Waals surface area contributed by atoms with Gasteiger partial charge >= 0.3 is 0 Å². The topological polar surface area (TPSA) is 86.7 Å². The maximum atomic E-state index is 15.5. The first-order valence-corrected chi connectivity index (χ1v) is 12.5. The number of aliphatic hydroxyl groups excluding tert-OH is 1. The van der Waals surface area contributed by atoms with Gasteiger partial charge in [-0.2, -0.15) is 0 Å². The highest BCUT2D eigenvalue weighted by Crippen LogP contribution is 2.49. The average molecular weight is 501 g/mol. The molecule has 11 heteroatoms. The number of piperidine rings is 1. The first kappa shape index (κ1) is 24.6. The van der Waals surface area contributed by atoms with Gasteiger partial charge in [0.15, 0.2) is 6.10 Å². The van der Waals surface area contributed by atoms with Gasteiger partial charge in [-0.3, -0.25) is 4.79 Å². The maximum absolute atomic E-state index is 15.5. The molecule has 0 spiro atoms. The van der Waals surface area contributed by atoms with Crippen LogP contribution in [0.4, 0.5) is 17.6 Å². The van der Waals surface area contributed by atoms with Crippen LogP contribution >= 0.6 is 0 Å². The molecule has 2 aromatic carbocycles. The van der Waals surface area contributed by atoms with E-state index in [0.29, 0.717) is 12.5 Å². The van der Waals surface area contributed by atoms with Crippen LogP contribution in [-0.2, 0) is 21.2 Å². The Morgan fingerprint density at radius 3 is 2.50 bits per heavy atom. The van der Waals surface area contributed by atoms with Crippen LogP contribution in [0.1, 0.15) is 18.9 Å². The van der Waals surface area contributed by atoms with Crippen molar-refractivity contribution in [1.82, 2.24) is 9.62 Å². The number of rotatable bonds is 8. The Hall–Kier alpha value is -2.50. The van der Waals surface area contributed by atoms with E-state index in [1.165, 1.54) is 30.0 Å². The number of hydrogen-bond acceptors (Lipinski definition) is 4. The minimum Gasteiger partial charge on any atom is -0.381 e. The Kier molecular flexibility index (Phi) is 6.71. The smallest absolute Gasteiger partial charge is 0.254 e. The normalized spacial score (nSPS) is 24.7. The van der Waals surface area contributed by atoms with Crippen molar-refractivity contribution in [2.75, 3.05) is 12.4 Å². The Labute approximate surface area is 194 Å². The maximum Gasteiger partial charge on any atom is 0.254 e. The van der Waals surface area contributed by atoms with Gasteiger partial charge in [-0.15, -0.1) is 0 Å². The second-order valence-electron chi connectivity index (χ2n) is 8.64. The van der Waals surface area contributed by atoms with Crippen LogP contribution < -0.4 is 4.72 Å². The van der Waals surface area contributed by atoms with Gasteiger partial charge in [-0.25, -0.2) is 30.7 Å². The summed E-state index contributed by atoms with van der Waals surface area (Å²) in [6.07, 6.45) is -1.58. The summed E-state index contributed by atoms with van der Waals surface area (Å²) < 4.78 is 83.0. The minimum absolute atomic E-state index is 0.0184. The van der Waals surface area contributed by atoms with Crippen molar-refractivity contribution in [3.63, 3.8) is 0 Å². The lowest BCUT2D eigenvalue weighted by atomic mass is 9.94. The summed E-state index contributed by atoms with van der Waals surface area (Å²) >= 11 is 0. The van der Waals surface area contributed by atoms with Crippen molar-refractivity contribution in [3.05, 3.63) is 59.4 Å². The van der Waals surface area contributed by atoms with Gasteiger partial charge in [0.05, 0.1) is 11.8 Å². The summed E-state index contributed by atoms with van der Waals surface area (Å²) in [6.45, 7) is 0.146. The number of carbonyl (C=O) groups excluding carboxylic acids is 1. The van der Waals surface area contributed by atoms with E-state index in [9.17, 15) is 31.5 Å². The largest absolute Gasteiger partial charge is 0.381 e.